The van der Waals surface area contributed by atoms with Gasteiger partial charge in [-0.1, -0.05) is 10.4 Å². The van der Waals surface area contributed by atoms with E-state index in [1.54, 1.807) is 4.68 Å². The molecule has 7 heteroatoms. The summed E-state index contributed by atoms with van der Waals surface area (Å²) in [6.07, 6.45) is 2.49. The predicted molar refractivity (Wildman–Crippen MR) is 75.4 cm³/mol. The monoisotopic (exact) mass is 291 g/mol. The van der Waals surface area contributed by atoms with E-state index in [4.69, 9.17) is 4.52 Å². The summed E-state index contributed by atoms with van der Waals surface area (Å²) in [6.45, 7) is 7.96. The van der Waals surface area contributed by atoms with Crippen molar-refractivity contribution in [3.63, 3.8) is 0 Å². The highest BCUT2D eigenvalue weighted by Gasteiger charge is 2.40. The quantitative estimate of drug-likeness (QED) is 0.913. The number of aliphatic hydroxyl groups is 1. The highest BCUT2D eigenvalue weighted by atomic mass is 16.5. The van der Waals surface area contributed by atoms with Gasteiger partial charge < -0.3 is 9.63 Å². The van der Waals surface area contributed by atoms with Crippen molar-refractivity contribution in [1.82, 2.24) is 25.1 Å². The molecular weight excluding hydrogens is 270 g/mol. The summed E-state index contributed by atoms with van der Waals surface area (Å²) < 4.78 is 7.00. The van der Waals surface area contributed by atoms with Gasteiger partial charge in [0, 0.05) is 25.2 Å². The fourth-order valence-electron chi connectivity index (χ4n) is 2.67. The van der Waals surface area contributed by atoms with Gasteiger partial charge in [-0.2, -0.15) is 0 Å². The zero-order valence-corrected chi connectivity index (χ0v) is 12.7. The van der Waals surface area contributed by atoms with Crippen molar-refractivity contribution in [3.8, 4) is 0 Å². The van der Waals surface area contributed by atoms with Gasteiger partial charge in [-0.05, 0) is 27.2 Å². The Balaban J connectivity index is 1.69. The summed E-state index contributed by atoms with van der Waals surface area (Å²) in [5.41, 5.74) is 0.592. The zero-order chi connectivity index (χ0) is 15.0. The van der Waals surface area contributed by atoms with Crippen molar-refractivity contribution in [3.05, 3.63) is 29.4 Å². The number of hydrogen-bond acceptors (Lipinski definition) is 6. The first-order valence-corrected chi connectivity index (χ1v) is 7.25. The van der Waals surface area contributed by atoms with Crippen LogP contribution >= 0.6 is 0 Å². The van der Waals surface area contributed by atoms with Gasteiger partial charge in [0.1, 0.15) is 11.3 Å². The minimum absolute atomic E-state index is 0.240. The van der Waals surface area contributed by atoms with Crippen molar-refractivity contribution in [2.24, 2.45) is 0 Å². The summed E-state index contributed by atoms with van der Waals surface area (Å²) in [5, 5.41) is 22.9. The van der Waals surface area contributed by atoms with Crippen LogP contribution in [0.3, 0.4) is 0 Å². The van der Waals surface area contributed by atoms with Crippen molar-refractivity contribution in [2.75, 3.05) is 13.1 Å². The Bertz CT molecular complexity index is 620. The lowest BCUT2D eigenvalue weighted by Crippen LogP contribution is -2.31. The number of likely N-dealkylation sites (tertiary alicyclic amines) is 1. The van der Waals surface area contributed by atoms with Crippen LogP contribution in [-0.4, -0.2) is 43.2 Å². The Morgan fingerprint density at radius 2 is 2.29 bits per heavy atom. The molecule has 0 amide bonds. The molecule has 3 heterocycles. The minimum Gasteiger partial charge on any atom is -0.382 e. The van der Waals surface area contributed by atoms with Crippen molar-refractivity contribution in [2.45, 2.75) is 45.4 Å². The molecule has 0 aliphatic carbocycles. The van der Waals surface area contributed by atoms with E-state index in [0.29, 0.717) is 25.2 Å². The fourth-order valence-corrected chi connectivity index (χ4v) is 2.67. The van der Waals surface area contributed by atoms with Crippen LogP contribution < -0.4 is 0 Å². The molecule has 1 saturated heterocycles. The van der Waals surface area contributed by atoms with Gasteiger partial charge in [0.25, 0.3) is 0 Å². The van der Waals surface area contributed by atoms with Gasteiger partial charge in [0.05, 0.1) is 18.4 Å². The number of hydrogen-bond donors (Lipinski definition) is 1. The maximum Gasteiger partial charge on any atom is 0.150 e. The molecule has 0 radical (unpaired) electrons. The van der Waals surface area contributed by atoms with Crippen LogP contribution in [-0.2, 0) is 12.1 Å². The fraction of sp³-hybridized carbons (Fsp3) is 0.643. The van der Waals surface area contributed by atoms with E-state index in [1.807, 2.05) is 33.0 Å². The minimum atomic E-state index is -0.928. The Labute approximate surface area is 123 Å². The zero-order valence-electron chi connectivity index (χ0n) is 12.7. The molecule has 2 aromatic heterocycles. The maximum absolute atomic E-state index is 10.8. The predicted octanol–water partition coefficient (Wildman–Crippen LogP) is 1.25. The Morgan fingerprint density at radius 3 is 2.90 bits per heavy atom. The van der Waals surface area contributed by atoms with Gasteiger partial charge in [-0.3, -0.25) is 4.90 Å². The lowest BCUT2D eigenvalue weighted by atomic mass is 10.00. The van der Waals surface area contributed by atoms with E-state index in [-0.39, 0.29) is 6.04 Å². The first kappa shape index (κ1) is 14.2. The van der Waals surface area contributed by atoms with E-state index < -0.39 is 5.60 Å². The van der Waals surface area contributed by atoms with E-state index in [2.05, 4.69) is 20.4 Å². The van der Waals surface area contributed by atoms with Crippen LogP contribution in [0.1, 0.15) is 43.5 Å². The molecule has 1 fully saturated rings. The molecule has 114 valence electrons. The average Bonchev–Trinajstić information content (AvgIpc) is 3.11. The third-order valence-corrected chi connectivity index (χ3v) is 3.90. The summed E-state index contributed by atoms with van der Waals surface area (Å²) in [4.78, 5) is 2.15. The van der Waals surface area contributed by atoms with Gasteiger partial charge in [-0.25, -0.2) is 4.68 Å². The number of aromatic nitrogens is 4. The van der Waals surface area contributed by atoms with Gasteiger partial charge in [0.2, 0.25) is 0 Å². The lowest BCUT2D eigenvalue weighted by molar-refractivity contribution is 0.0399. The van der Waals surface area contributed by atoms with Crippen molar-refractivity contribution >= 4 is 0 Å². The van der Waals surface area contributed by atoms with Crippen LogP contribution in [0.25, 0.3) is 0 Å². The second-order valence-electron chi connectivity index (χ2n) is 6.10. The van der Waals surface area contributed by atoms with E-state index in [0.717, 1.165) is 18.0 Å². The third-order valence-electron chi connectivity index (χ3n) is 3.90. The molecular formula is C14H21N5O2. The summed E-state index contributed by atoms with van der Waals surface area (Å²) in [5.74, 6) is 0.822. The molecule has 0 bridgehead atoms. The lowest BCUT2D eigenvalue weighted by Gasteiger charge is -2.20. The van der Waals surface area contributed by atoms with Crippen LogP contribution in [0.15, 0.2) is 16.8 Å². The van der Waals surface area contributed by atoms with Crippen LogP contribution in [0.2, 0.25) is 0 Å². The summed E-state index contributed by atoms with van der Waals surface area (Å²) in [6, 6.07) is 2.16. The van der Waals surface area contributed by atoms with Crippen molar-refractivity contribution in [1.29, 1.82) is 0 Å². The molecule has 1 aliphatic heterocycles. The molecule has 0 saturated carbocycles. The first-order valence-electron chi connectivity index (χ1n) is 7.25. The second kappa shape index (κ2) is 5.23. The van der Waals surface area contributed by atoms with Crippen molar-refractivity contribution < 1.29 is 9.63 Å². The molecule has 0 aromatic carbocycles. The van der Waals surface area contributed by atoms with Gasteiger partial charge in [-0.15, -0.1) is 5.10 Å². The highest BCUT2D eigenvalue weighted by molar-refractivity contribution is 5.12. The Hall–Kier alpha value is -1.73. The first-order chi connectivity index (χ1) is 9.96. The van der Waals surface area contributed by atoms with Gasteiger partial charge >= 0.3 is 0 Å². The average molecular weight is 291 g/mol. The molecule has 0 unspecified atom stereocenters. The summed E-state index contributed by atoms with van der Waals surface area (Å²) >= 11 is 0. The Kier molecular flexibility index (Phi) is 3.54. The molecule has 1 N–H and O–H groups in total. The Morgan fingerprint density at radius 1 is 1.48 bits per heavy atom. The van der Waals surface area contributed by atoms with E-state index in [1.165, 1.54) is 0 Å². The van der Waals surface area contributed by atoms with Gasteiger partial charge in [0.15, 0.2) is 5.76 Å². The van der Waals surface area contributed by atoms with E-state index >= 15 is 0 Å². The smallest absolute Gasteiger partial charge is 0.150 e. The SMILES string of the molecule is Cc1cc(CN2CC[C@@](O)(c3cn(C(C)C)nn3)C2)on1. The number of aryl methyl sites for hydroxylation is 1. The van der Waals surface area contributed by atoms with Crippen LogP contribution in [0.5, 0.6) is 0 Å². The summed E-state index contributed by atoms with van der Waals surface area (Å²) in [7, 11) is 0. The normalized spacial score (nSPS) is 23.3. The molecule has 0 spiro atoms. The highest BCUT2D eigenvalue weighted by Crippen LogP contribution is 2.31. The standard InChI is InChI=1S/C14H21N5O2/c1-10(2)19-8-13(15-17-19)14(20)4-5-18(9-14)7-12-6-11(3)16-21-12/h6,8,10,20H,4-5,7,9H2,1-3H3/t14-/m0/s1. The molecule has 3 rings (SSSR count). The molecule has 1 aliphatic rings. The molecule has 7 nitrogen and oxygen atoms in total. The largest absolute Gasteiger partial charge is 0.382 e. The number of nitrogens with zero attached hydrogens (tertiary/aromatic N) is 5. The van der Waals surface area contributed by atoms with Crippen LogP contribution in [0, 0.1) is 6.92 Å². The second-order valence-corrected chi connectivity index (χ2v) is 6.10. The topological polar surface area (TPSA) is 80.2 Å². The van der Waals surface area contributed by atoms with Crippen LogP contribution in [0.4, 0.5) is 0 Å². The number of rotatable bonds is 4. The molecule has 1 atom stereocenters. The third kappa shape index (κ3) is 2.84. The number of β-amino-alcohol motifs (C(OH)–C–C–N with tert-alkyl or cyclic N) is 1. The maximum atomic E-state index is 10.8. The van der Waals surface area contributed by atoms with E-state index in [9.17, 15) is 5.11 Å². The molecule has 2 aromatic rings. The molecule has 21 heavy (non-hydrogen) atoms.